The smallest absolute Gasteiger partial charge is 0.163 e. The van der Waals surface area contributed by atoms with Gasteiger partial charge in [-0.2, -0.15) is 0 Å². The minimum atomic E-state index is -0.814. The number of hydrogen-bond acceptors (Lipinski definition) is 4. The predicted molar refractivity (Wildman–Crippen MR) is 108 cm³/mol. The second kappa shape index (κ2) is 6.46. The van der Waals surface area contributed by atoms with E-state index < -0.39 is 11.4 Å². The van der Waals surface area contributed by atoms with Crippen molar-refractivity contribution in [1.82, 2.24) is 4.98 Å². The normalized spacial score (nSPS) is 30.5. The second-order valence-corrected chi connectivity index (χ2v) is 8.41. The van der Waals surface area contributed by atoms with Crippen LogP contribution in [0.1, 0.15) is 36.8 Å². The van der Waals surface area contributed by atoms with Gasteiger partial charge >= 0.3 is 0 Å². The van der Waals surface area contributed by atoms with Crippen LogP contribution in [0.5, 0.6) is 0 Å². The van der Waals surface area contributed by atoms with Crippen molar-refractivity contribution in [3.05, 3.63) is 65.5 Å². The van der Waals surface area contributed by atoms with Gasteiger partial charge in [-0.05, 0) is 67.0 Å². The Bertz CT molecular complexity index is 1020. The molecule has 0 radical (unpaired) electrons. The van der Waals surface area contributed by atoms with Crippen molar-refractivity contribution in [3.63, 3.8) is 0 Å². The Morgan fingerprint density at radius 3 is 2.55 bits per heavy atom. The van der Waals surface area contributed by atoms with Gasteiger partial charge in [0.25, 0.3) is 0 Å². The monoisotopic (exact) mass is 395 g/mol. The molecule has 2 spiro atoms. The number of methoxy groups -OCH3 is 1. The highest BCUT2D eigenvalue weighted by Crippen LogP contribution is 2.62. The molecule has 1 atom stereocenters. The summed E-state index contributed by atoms with van der Waals surface area (Å²) in [6, 6.07) is 7.50. The molecule has 1 unspecified atom stereocenters. The molecule has 4 nitrogen and oxygen atoms in total. The van der Waals surface area contributed by atoms with Crippen LogP contribution in [0.4, 0.5) is 8.78 Å². The molecule has 0 saturated heterocycles. The SMILES string of the molecule is COC1CCC2(CC1)Cc1ccc(-c3cncc(F)c3)cc1C21C=C(F)C(N)=N1. The lowest BCUT2D eigenvalue weighted by Gasteiger charge is -2.45. The number of amidine groups is 1. The van der Waals surface area contributed by atoms with Gasteiger partial charge in [0.1, 0.15) is 11.4 Å². The summed E-state index contributed by atoms with van der Waals surface area (Å²) in [5.74, 6) is -0.881. The third-order valence-corrected chi connectivity index (χ3v) is 7.00. The molecule has 0 bridgehead atoms. The summed E-state index contributed by atoms with van der Waals surface area (Å²) in [7, 11) is 1.74. The summed E-state index contributed by atoms with van der Waals surface area (Å²) >= 11 is 0. The Morgan fingerprint density at radius 2 is 1.90 bits per heavy atom. The third kappa shape index (κ3) is 2.65. The summed E-state index contributed by atoms with van der Waals surface area (Å²) in [5.41, 5.74) is 8.53. The van der Waals surface area contributed by atoms with Gasteiger partial charge in [-0.3, -0.25) is 4.98 Å². The maximum absolute atomic E-state index is 14.6. The molecular formula is C23H23F2N3O. The van der Waals surface area contributed by atoms with Gasteiger partial charge in [0.05, 0.1) is 12.3 Å². The van der Waals surface area contributed by atoms with Crippen LogP contribution in [0.2, 0.25) is 0 Å². The van der Waals surface area contributed by atoms with Gasteiger partial charge in [0.15, 0.2) is 11.7 Å². The number of aromatic nitrogens is 1. The molecule has 1 fully saturated rings. The average molecular weight is 395 g/mol. The number of benzene rings is 1. The van der Waals surface area contributed by atoms with Crippen molar-refractivity contribution in [1.29, 1.82) is 0 Å². The lowest BCUT2D eigenvalue weighted by molar-refractivity contribution is 0.00815. The van der Waals surface area contributed by atoms with E-state index in [1.807, 2.05) is 12.1 Å². The van der Waals surface area contributed by atoms with E-state index in [9.17, 15) is 8.78 Å². The molecule has 2 aliphatic carbocycles. The highest BCUT2D eigenvalue weighted by Gasteiger charge is 2.59. The third-order valence-electron chi connectivity index (χ3n) is 7.00. The van der Waals surface area contributed by atoms with Crippen LogP contribution in [-0.2, 0) is 16.7 Å². The Hall–Kier alpha value is -2.60. The molecule has 2 heterocycles. The van der Waals surface area contributed by atoms with Gasteiger partial charge in [0, 0.05) is 24.3 Å². The largest absolute Gasteiger partial charge is 0.382 e. The average Bonchev–Trinajstić information content (AvgIpc) is 3.16. The summed E-state index contributed by atoms with van der Waals surface area (Å²) in [5, 5.41) is 0. The van der Waals surface area contributed by atoms with Crippen LogP contribution in [0.15, 0.2) is 53.6 Å². The zero-order valence-corrected chi connectivity index (χ0v) is 16.3. The van der Waals surface area contributed by atoms with E-state index in [1.54, 1.807) is 19.4 Å². The number of ether oxygens (including phenoxy) is 1. The molecule has 5 rings (SSSR count). The first kappa shape index (κ1) is 18.4. The fourth-order valence-electron chi connectivity index (χ4n) is 5.50. The van der Waals surface area contributed by atoms with E-state index in [4.69, 9.17) is 15.5 Å². The summed E-state index contributed by atoms with van der Waals surface area (Å²) in [4.78, 5) is 8.68. The minimum Gasteiger partial charge on any atom is -0.382 e. The fraction of sp³-hybridized carbons (Fsp3) is 0.391. The maximum atomic E-state index is 14.6. The Labute approximate surface area is 168 Å². The lowest BCUT2D eigenvalue weighted by Crippen LogP contribution is -2.43. The van der Waals surface area contributed by atoms with Crippen molar-refractivity contribution < 1.29 is 13.5 Å². The zero-order chi connectivity index (χ0) is 20.2. The van der Waals surface area contributed by atoms with Crippen molar-refractivity contribution in [2.45, 2.75) is 43.7 Å². The molecular weight excluding hydrogens is 372 g/mol. The lowest BCUT2D eigenvalue weighted by atomic mass is 9.62. The highest BCUT2D eigenvalue weighted by molar-refractivity contribution is 5.98. The van der Waals surface area contributed by atoms with Crippen LogP contribution in [0.25, 0.3) is 11.1 Å². The molecule has 1 aromatic heterocycles. The van der Waals surface area contributed by atoms with Crippen molar-refractivity contribution in [2.75, 3.05) is 7.11 Å². The summed E-state index contributed by atoms with van der Waals surface area (Å²) < 4.78 is 33.9. The summed E-state index contributed by atoms with van der Waals surface area (Å²) in [6.07, 6.45) is 9.07. The van der Waals surface area contributed by atoms with Crippen LogP contribution in [0, 0.1) is 11.2 Å². The number of rotatable bonds is 2. The molecule has 6 heteroatoms. The van der Waals surface area contributed by atoms with Crippen molar-refractivity contribution >= 4 is 5.84 Å². The molecule has 150 valence electrons. The van der Waals surface area contributed by atoms with Gasteiger partial charge in [-0.15, -0.1) is 0 Å². The van der Waals surface area contributed by atoms with Crippen LogP contribution < -0.4 is 5.73 Å². The van der Waals surface area contributed by atoms with E-state index in [1.165, 1.54) is 12.3 Å². The number of aliphatic imine (C=N–C) groups is 1. The van der Waals surface area contributed by atoms with Gasteiger partial charge in [-0.1, -0.05) is 12.1 Å². The van der Waals surface area contributed by atoms with Crippen LogP contribution in [-0.4, -0.2) is 24.0 Å². The number of nitrogens with two attached hydrogens (primary N) is 1. The molecule has 1 aliphatic heterocycles. The number of pyridine rings is 1. The minimum absolute atomic E-state index is 0.0380. The number of hydrogen-bond donors (Lipinski definition) is 1. The molecule has 29 heavy (non-hydrogen) atoms. The molecule has 3 aliphatic rings. The molecule has 2 N–H and O–H groups in total. The van der Waals surface area contributed by atoms with Gasteiger partial charge in [0.2, 0.25) is 0 Å². The van der Waals surface area contributed by atoms with Crippen LogP contribution >= 0.6 is 0 Å². The van der Waals surface area contributed by atoms with E-state index in [-0.39, 0.29) is 23.2 Å². The Kier molecular flexibility index (Phi) is 4.10. The van der Waals surface area contributed by atoms with Crippen molar-refractivity contribution in [3.8, 4) is 11.1 Å². The molecule has 1 saturated carbocycles. The van der Waals surface area contributed by atoms with E-state index in [0.717, 1.165) is 48.8 Å². The predicted octanol–water partition coefficient (Wildman–Crippen LogP) is 4.44. The first-order valence-electron chi connectivity index (χ1n) is 9.97. The molecule has 0 amide bonds. The maximum Gasteiger partial charge on any atom is 0.163 e. The van der Waals surface area contributed by atoms with Crippen molar-refractivity contribution in [2.24, 2.45) is 16.1 Å². The van der Waals surface area contributed by atoms with E-state index >= 15 is 0 Å². The fourth-order valence-corrected chi connectivity index (χ4v) is 5.50. The second-order valence-electron chi connectivity index (χ2n) is 8.41. The molecule has 2 aromatic rings. The first-order valence-corrected chi connectivity index (χ1v) is 9.97. The van der Waals surface area contributed by atoms with E-state index in [2.05, 4.69) is 11.1 Å². The highest BCUT2D eigenvalue weighted by atomic mass is 19.1. The topological polar surface area (TPSA) is 60.5 Å². The van der Waals surface area contributed by atoms with Gasteiger partial charge < -0.3 is 10.5 Å². The summed E-state index contributed by atoms with van der Waals surface area (Å²) in [6.45, 7) is 0. The standard InChI is InChI=1S/C23H23F2N3O/c1-29-18-4-6-22(7-5-18)10-15-3-2-14(16-8-17(24)13-27-12-16)9-19(15)23(22)11-20(25)21(26)28-23/h2-3,8-9,11-13,18H,4-7,10H2,1H3,(H2,26,28). The Balaban J connectivity index is 1.65. The quantitative estimate of drug-likeness (QED) is 0.818. The van der Waals surface area contributed by atoms with Crippen LogP contribution in [0.3, 0.4) is 0 Å². The zero-order valence-electron chi connectivity index (χ0n) is 16.3. The first-order chi connectivity index (χ1) is 14.0. The number of halogens is 2. The van der Waals surface area contributed by atoms with Gasteiger partial charge in [-0.25, -0.2) is 13.8 Å². The van der Waals surface area contributed by atoms with E-state index in [0.29, 0.717) is 5.56 Å². The number of fused-ring (bicyclic) bond motifs is 3. The Morgan fingerprint density at radius 1 is 1.10 bits per heavy atom. The molecule has 1 aromatic carbocycles. The number of nitrogens with zero attached hydrogens (tertiary/aromatic N) is 2.